The van der Waals surface area contributed by atoms with Crippen molar-refractivity contribution in [1.29, 1.82) is 0 Å². The van der Waals surface area contributed by atoms with E-state index < -0.39 is 11.7 Å². The van der Waals surface area contributed by atoms with Gasteiger partial charge in [0.25, 0.3) is 0 Å². The third-order valence-electron chi connectivity index (χ3n) is 3.29. The summed E-state index contributed by atoms with van der Waals surface area (Å²) in [6.07, 6.45) is 2.65. The Hall–Kier alpha value is -1.84. The number of benzene rings is 1. The molecule has 0 saturated heterocycles. The van der Waals surface area contributed by atoms with E-state index in [0.717, 1.165) is 19.3 Å². The van der Waals surface area contributed by atoms with Gasteiger partial charge in [-0.2, -0.15) is 0 Å². The molecule has 1 aliphatic rings. The molecular formula is C16H21NO3. The smallest absolute Gasteiger partial charge is 0.412 e. The molecule has 0 radical (unpaired) electrons. The van der Waals surface area contributed by atoms with Gasteiger partial charge >= 0.3 is 6.09 Å². The van der Waals surface area contributed by atoms with Crippen LogP contribution in [0.2, 0.25) is 0 Å². The topological polar surface area (TPSA) is 55.4 Å². The van der Waals surface area contributed by atoms with Gasteiger partial charge in [-0.3, -0.25) is 10.1 Å². The van der Waals surface area contributed by atoms with Crippen LogP contribution < -0.4 is 5.32 Å². The van der Waals surface area contributed by atoms with Crippen molar-refractivity contribution < 1.29 is 14.3 Å². The van der Waals surface area contributed by atoms with Crippen molar-refractivity contribution in [3.63, 3.8) is 0 Å². The summed E-state index contributed by atoms with van der Waals surface area (Å²) in [4.78, 5) is 23.6. The first-order chi connectivity index (χ1) is 9.35. The standard InChI is InChI=1S/C16H21NO3/c1-16(2,3)20-15(19)17-13-9-7-12(8-10-13)14(18)11-5-4-6-11/h7-11H,4-6H2,1-3H3,(H,17,19). The number of hydrogen-bond acceptors (Lipinski definition) is 3. The first kappa shape index (κ1) is 14.6. The number of amides is 1. The van der Waals surface area contributed by atoms with Crippen LogP contribution in [0.25, 0.3) is 0 Å². The molecule has 20 heavy (non-hydrogen) atoms. The predicted molar refractivity (Wildman–Crippen MR) is 78.0 cm³/mol. The van der Waals surface area contributed by atoms with Gasteiger partial charge in [-0.25, -0.2) is 4.79 Å². The first-order valence-electron chi connectivity index (χ1n) is 6.99. The van der Waals surface area contributed by atoms with E-state index in [0.29, 0.717) is 11.3 Å². The highest BCUT2D eigenvalue weighted by Crippen LogP contribution is 2.30. The van der Waals surface area contributed by atoms with Crippen molar-refractivity contribution in [2.24, 2.45) is 5.92 Å². The van der Waals surface area contributed by atoms with Crippen molar-refractivity contribution in [1.82, 2.24) is 0 Å². The van der Waals surface area contributed by atoms with E-state index in [-0.39, 0.29) is 11.7 Å². The highest BCUT2D eigenvalue weighted by Gasteiger charge is 2.26. The van der Waals surface area contributed by atoms with E-state index in [1.165, 1.54) is 0 Å². The molecule has 108 valence electrons. The van der Waals surface area contributed by atoms with Gasteiger partial charge in [0.1, 0.15) is 5.60 Å². The van der Waals surface area contributed by atoms with E-state index >= 15 is 0 Å². The molecule has 0 spiro atoms. The van der Waals surface area contributed by atoms with Crippen LogP contribution in [0, 0.1) is 5.92 Å². The Labute approximate surface area is 119 Å². The molecular weight excluding hydrogens is 254 g/mol. The highest BCUT2D eigenvalue weighted by molar-refractivity contribution is 5.98. The molecule has 2 rings (SSSR count). The molecule has 0 unspecified atom stereocenters. The number of ether oxygens (including phenoxy) is 1. The van der Waals surface area contributed by atoms with Crippen LogP contribution in [0.1, 0.15) is 50.4 Å². The second-order valence-corrected chi connectivity index (χ2v) is 6.20. The lowest BCUT2D eigenvalue weighted by molar-refractivity contribution is 0.0635. The van der Waals surface area contributed by atoms with E-state index in [2.05, 4.69) is 5.32 Å². The summed E-state index contributed by atoms with van der Waals surface area (Å²) in [5.41, 5.74) is 0.818. The first-order valence-corrected chi connectivity index (χ1v) is 6.99. The Kier molecular flexibility index (Phi) is 4.12. The van der Waals surface area contributed by atoms with Crippen LogP contribution in [0.15, 0.2) is 24.3 Å². The fourth-order valence-corrected chi connectivity index (χ4v) is 2.05. The highest BCUT2D eigenvalue weighted by atomic mass is 16.6. The summed E-state index contributed by atoms with van der Waals surface area (Å²) in [5.74, 6) is 0.403. The number of carbonyl (C=O) groups excluding carboxylic acids is 2. The molecule has 1 fully saturated rings. The van der Waals surface area contributed by atoms with Crippen molar-refractivity contribution in [2.45, 2.75) is 45.6 Å². The van der Waals surface area contributed by atoms with Crippen LogP contribution in [0.5, 0.6) is 0 Å². The number of rotatable bonds is 3. The average molecular weight is 275 g/mol. The predicted octanol–water partition coefficient (Wildman–Crippen LogP) is 4.02. The second-order valence-electron chi connectivity index (χ2n) is 6.20. The molecule has 0 aromatic heterocycles. The number of Topliss-reactive ketones (excluding diaryl/α,β-unsaturated/α-hetero) is 1. The van der Waals surface area contributed by atoms with Crippen LogP contribution >= 0.6 is 0 Å². The summed E-state index contributed by atoms with van der Waals surface area (Å²) in [6.45, 7) is 5.44. The molecule has 1 N–H and O–H groups in total. The summed E-state index contributed by atoms with van der Waals surface area (Å²) in [6, 6.07) is 6.98. The maximum Gasteiger partial charge on any atom is 0.412 e. The maximum atomic E-state index is 12.0. The fraction of sp³-hybridized carbons (Fsp3) is 0.500. The molecule has 4 heteroatoms. The SMILES string of the molecule is CC(C)(C)OC(=O)Nc1ccc(C(=O)C2CCC2)cc1. The maximum absolute atomic E-state index is 12.0. The lowest BCUT2D eigenvalue weighted by atomic mass is 9.80. The Balaban J connectivity index is 1.94. The summed E-state index contributed by atoms with van der Waals surface area (Å²) >= 11 is 0. The van der Waals surface area contributed by atoms with Gasteiger partial charge in [0.2, 0.25) is 0 Å². The number of carbonyl (C=O) groups is 2. The van der Waals surface area contributed by atoms with E-state index in [1.807, 2.05) is 20.8 Å². The Morgan fingerprint density at radius 1 is 1.15 bits per heavy atom. The summed E-state index contributed by atoms with van der Waals surface area (Å²) < 4.78 is 5.17. The van der Waals surface area contributed by atoms with E-state index in [1.54, 1.807) is 24.3 Å². The van der Waals surface area contributed by atoms with Gasteiger partial charge in [-0.15, -0.1) is 0 Å². The van der Waals surface area contributed by atoms with Gasteiger partial charge in [-0.05, 0) is 57.9 Å². The Morgan fingerprint density at radius 2 is 1.75 bits per heavy atom. The van der Waals surface area contributed by atoms with Gasteiger partial charge in [0.05, 0.1) is 0 Å². The van der Waals surface area contributed by atoms with Gasteiger partial charge in [-0.1, -0.05) is 6.42 Å². The molecule has 1 aromatic rings. The van der Waals surface area contributed by atoms with Crippen LogP contribution in [0.4, 0.5) is 10.5 Å². The van der Waals surface area contributed by atoms with Crippen molar-refractivity contribution in [3.05, 3.63) is 29.8 Å². The van der Waals surface area contributed by atoms with Crippen molar-refractivity contribution in [3.8, 4) is 0 Å². The molecule has 1 amide bonds. The lowest BCUT2D eigenvalue weighted by Crippen LogP contribution is -2.27. The van der Waals surface area contributed by atoms with Crippen LogP contribution in [-0.4, -0.2) is 17.5 Å². The lowest BCUT2D eigenvalue weighted by Gasteiger charge is -2.23. The Bertz CT molecular complexity index is 495. The quantitative estimate of drug-likeness (QED) is 0.848. The second kappa shape index (κ2) is 5.65. The molecule has 1 saturated carbocycles. The van der Waals surface area contributed by atoms with Crippen LogP contribution in [-0.2, 0) is 4.74 Å². The fourth-order valence-electron chi connectivity index (χ4n) is 2.05. The number of ketones is 1. The molecule has 4 nitrogen and oxygen atoms in total. The summed E-state index contributed by atoms with van der Waals surface area (Å²) in [7, 11) is 0. The van der Waals surface area contributed by atoms with Crippen molar-refractivity contribution in [2.75, 3.05) is 5.32 Å². The third kappa shape index (κ3) is 3.83. The Morgan fingerprint density at radius 3 is 2.20 bits per heavy atom. The van der Waals surface area contributed by atoms with E-state index in [4.69, 9.17) is 4.74 Å². The van der Waals surface area contributed by atoms with Gasteiger partial charge in [0.15, 0.2) is 5.78 Å². The van der Waals surface area contributed by atoms with Crippen LogP contribution in [0.3, 0.4) is 0 Å². The van der Waals surface area contributed by atoms with E-state index in [9.17, 15) is 9.59 Å². The van der Waals surface area contributed by atoms with Gasteiger partial charge in [0, 0.05) is 17.2 Å². The molecule has 1 aliphatic carbocycles. The largest absolute Gasteiger partial charge is 0.444 e. The summed E-state index contributed by atoms with van der Waals surface area (Å²) in [5, 5.41) is 2.65. The monoisotopic (exact) mass is 275 g/mol. The molecule has 0 heterocycles. The zero-order chi connectivity index (χ0) is 14.8. The zero-order valence-electron chi connectivity index (χ0n) is 12.2. The molecule has 0 bridgehead atoms. The number of nitrogens with one attached hydrogen (secondary N) is 1. The molecule has 0 aliphatic heterocycles. The minimum Gasteiger partial charge on any atom is -0.444 e. The zero-order valence-corrected chi connectivity index (χ0v) is 12.2. The molecule has 1 aromatic carbocycles. The average Bonchev–Trinajstić information content (AvgIpc) is 2.24. The minimum atomic E-state index is -0.524. The third-order valence-corrected chi connectivity index (χ3v) is 3.29. The van der Waals surface area contributed by atoms with Gasteiger partial charge < -0.3 is 4.74 Å². The minimum absolute atomic E-state index is 0.194. The normalized spacial score (nSPS) is 15.3. The number of anilines is 1. The number of hydrogen-bond donors (Lipinski definition) is 1. The molecule has 0 atom stereocenters. The van der Waals surface area contributed by atoms with Crippen molar-refractivity contribution >= 4 is 17.6 Å².